The van der Waals surface area contributed by atoms with Gasteiger partial charge in [-0.3, -0.25) is 4.79 Å². The summed E-state index contributed by atoms with van der Waals surface area (Å²) in [5.74, 6) is 0.867. The van der Waals surface area contributed by atoms with E-state index in [1.54, 1.807) is 4.40 Å². The van der Waals surface area contributed by atoms with Gasteiger partial charge in [0.2, 0.25) is 0 Å². The molecule has 0 spiro atoms. The van der Waals surface area contributed by atoms with Gasteiger partial charge < -0.3 is 4.74 Å². The number of fused-ring (bicyclic) bond motifs is 3. The highest BCUT2D eigenvalue weighted by atomic mass is 127. The summed E-state index contributed by atoms with van der Waals surface area (Å²) < 4.78 is 10.5. The van der Waals surface area contributed by atoms with Gasteiger partial charge in [-0.15, -0.1) is 0 Å². The Bertz CT molecular complexity index is 1470. The second-order valence-electron chi connectivity index (χ2n) is 6.72. The molecular formula is C23H14I2N2O2S. The summed E-state index contributed by atoms with van der Waals surface area (Å²) in [6.07, 6.45) is 1.93. The molecule has 5 aromatic rings. The SMILES string of the molecule is O=c1/c(=C\c2cc(I)c(OCc3ccccc3)c(I)c2)sc2nc3ccccc3n12. The number of benzene rings is 3. The standard InChI is InChI=1S/C23H14I2N2O2S/c24-16-10-15(11-17(25)21(16)29-13-14-6-2-1-3-7-14)12-20-22(28)27-19-9-5-4-8-18(19)26-23(27)30-20/h1-12H,13H2/b20-12+. The number of thiazole rings is 1. The van der Waals surface area contributed by atoms with Gasteiger partial charge in [-0.2, -0.15) is 0 Å². The molecule has 0 unspecified atom stereocenters. The zero-order chi connectivity index (χ0) is 20.7. The fourth-order valence-electron chi connectivity index (χ4n) is 3.29. The Morgan fingerprint density at radius 2 is 1.70 bits per heavy atom. The van der Waals surface area contributed by atoms with Crippen LogP contribution in [0.4, 0.5) is 0 Å². The van der Waals surface area contributed by atoms with Gasteiger partial charge in [0.05, 0.1) is 22.7 Å². The van der Waals surface area contributed by atoms with Crippen molar-refractivity contribution in [1.82, 2.24) is 9.38 Å². The largest absolute Gasteiger partial charge is 0.487 e. The molecular weight excluding hydrogens is 622 g/mol. The Labute approximate surface area is 203 Å². The van der Waals surface area contributed by atoms with E-state index < -0.39 is 0 Å². The van der Waals surface area contributed by atoms with E-state index in [1.807, 2.05) is 60.7 Å². The van der Waals surface area contributed by atoms with E-state index in [2.05, 4.69) is 62.3 Å². The maximum Gasteiger partial charge on any atom is 0.274 e. The fourth-order valence-corrected chi connectivity index (χ4v) is 6.41. The number of ether oxygens (including phenoxy) is 1. The molecule has 2 heterocycles. The van der Waals surface area contributed by atoms with Gasteiger partial charge in [0.1, 0.15) is 12.4 Å². The van der Waals surface area contributed by atoms with Crippen LogP contribution in [-0.4, -0.2) is 9.38 Å². The third kappa shape index (κ3) is 3.74. The predicted molar refractivity (Wildman–Crippen MR) is 138 cm³/mol. The van der Waals surface area contributed by atoms with Gasteiger partial charge in [0, 0.05) is 0 Å². The first-order valence-corrected chi connectivity index (χ1v) is 12.1. The molecule has 2 aromatic heterocycles. The van der Waals surface area contributed by atoms with Crippen LogP contribution in [0.5, 0.6) is 5.75 Å². The van der Waals surface area contributed by atoms with E-state index in [0.29, 0.717) is 11.1 Å². The van der Waals surface area contributed by atoms with Crippen LogP contribution in [0.3, 0.4) is 0 Å². The second-order valence-corrected chi connectivity index (χ2v) is 10.1. The summed E-state index contributed by atoms with van der Waals surface area (Å²) in [5.41, 5.74) is 3.77. The number of hydrogen-bond donors (Lipinski definition) is 0. The quantitative estimate of drug-likeness (QED) is 0.254. The molecule has 0 radical (unpaired) electrons. The van der Waals surface area contributed by atoms with Crippen LogP contribution in [0.1, 0.15) is 11.1 Å². The van der Waals surface area contributed by atoms with Gasteiger partial charge in [0.25, 0.3) is 5.56 Å². The maximum absolute atomic E-state index is 13.0. The molecule has 0 fully saturated rings. The highest BCUT2D eigenvalue weighted by molar-refractivity contribution is 14.1. The van der Waals surface area contributed by atoms with Gasteiger partial charge >= 0.3 is 0 Å². The smallest absolute Gasteiger partial charge is 0.274 e. The Kier molecular flexibility index (Phi) is 5.50. The lowest BCUT2D eigenvalue weighted by Crippen LogP contribution is -2.22. The molecule has 0 aliphatic rings. The van der Waals surface area contributed by atoms with Crippen molar-refractivity contribution in [2.75, 3.05) is 0 Å². The van der Waals surface area contributed by atoms with Crippen molar-refractivity contribution in [3.05, 3.63) is 99.9 Å². The number of hydrogen-bond acceptors (Lipinski definition) is 4. The highest BCUT2D eigenvalue weighted by Crippen LogP contribution is 2.30. The van der Waals surface area contributed by atoms with Crippen molar-refractivity contribution in [3.8, 4) is 5.75 Å². The van der Waals surface area contributed by atoms with E-state index in [4.69, 9.17) is 4.74 Å². The monoisotopic (exact) mass is 636 g/mol. The van der Waals surface area contributed by atoms with Crippen molar-refractivity contribution >= 4 is 78.6 Å². The van der Waals surface area contributed by atoms with Crippen molar-refractivity contribution < 1.29 is 4.74 Å². The maximum atomic E-state index is 13.0. The van der Waals surface area contributed by atoms with Gasteiger partial charge in [0.15, 0.2) is 4.96 Å². The topological polar surface area (TPSA) is 43.6 Å². The molecule has 4 nitrogen and oxygen atoms in total. The molecule has 0 aliphatic heterocycles. The molecule has 0 saturated heterocycles. The summed E-state index contributed by atoms with van der Waals surface area (Å²) in [4.78, 5) is 18.3. The van der Waals surface area contributed by atoms with Crippen LogP contribution in [0.25, 0.3) is 22.1 Å². The molecule has 7 heteroatoms. The Morgan fingerprint density at radius 3 is 2.47 bits per heavy atom. The van der Waals surface area contributed by atoms with Crippen LogP contribution in [0, 0.1) is 7.14 Å². The van der Waals surface area contributed by atoms with Crippen LogP contribution >= 0.6 is 56.5 Å². The van der Waals surface area contributed by atoms with Crippen molar-refractivity contribution in [1.29, 1.82) is 0 Å². The molecule has 0 bridgehead atoms. The average molecular weight is 636 g/mol. The zero-order valence-corrected chi connectivity index (χ0v) is 20.6. The number of halogens is 2. The Balaban J connectivity index is 1.51. The van der Waals surface area contributed by atoms with E-state index in [-0.39, 0.29) is 5.56 Å². The molecule has 0 amide bonds. The minimum absolute atomic E-state index is 0.0295. The zero-order valence-electron chi connectivity index (χ0n) is 15.5. The van der Waals surface area contributed by atoms with Crippen LogP contribution in [0.2, 0.25) is 0 Å². The highest BCUT2D eigenvalue weighted by Gasteiger charge is 2.12. The van der Waals surface area contributed by atoms with E-state index >= 15 is 0 Å². The molecule has 0 atom stereocenters. The first-order chi connectivity index (χ1) is 14.6. The number of nitrogens with zero attached hydrogens (tertiary/aromatic N) is 2. The molecule has 3 aromatic carbocycles. The lowest BCUT2D eigenvalue weighted by molar-refractivity contribution is 0.302. The summed E-state index contributed by atoms with van der Waals surface area (Å²) in [6, 6.07) is 21.9. The summed E-state index contributed by atoms with van der Waals surface area (Å²) in [5, 5.41) is 0. The van der Waals surface area contributed by atoms with E-state index in [9.17, 15) is 4.79 Å². The van der Waals surface area contributed by atoms with Gasteiger partial charge in [-0.05, 0) is 86.7 Å². The first kappa shape index (κ1) is 20.0. The number of aromatic nitrogens is 2. The lowest BCUT2D eigenvalue weighted by atomic mass is 10.2. The molecule has 0 saturated carbocycles. The molecule has 5 rings (SSSR count). The van der Waals surface area contributed by atoms with Crippen LogP contribution in [0.15, 0.2) is 71.5 Å². The van der Waals surface area contributed by atoms with Crippen molar-refractivity contribution in [3.63, 3.8) is 0 Å². The normalized spacial score (nSPS) is 12.1. The molecule has 0 aliphatic carbocycles. The summed E-state index contributed by atoms with van der Waals surface area (Å²) in [6.45, 7) is 0.524. The minimum Gasteiger partial charge on any atom is -0.487 e. The predicted octanol–water partition coefficient (Wildman–Crippen LogP) is 5.25. The average Bonchev–Trinajstić information content (AvgIpc) is 3.24. The van der Waals surface area contributed by atoms with Crippen molar-refractivity contribution in [2.24, 2.45) is 0 Å². The van der Waals surface area contributed by atoms with Gasteiger partial charge in [-0.1, -0.05) is 53.8 Å². The third-order valence-electron chi connectivity index (χ3n) is 4.69. The van der Waals surface area contributed by atoms with Crippen LogP contribution < -0.4 is 14.8 Å². The Morgan fingerprint density at radius 1 is 1.00 bits per heavy atom. The van der Waals surface area contributed by atoms with Crippen LogP contribution in [-0.2, 0) is 6.61 Å². The number of rotatable bonds is 4. The first-order valence-electron chi connectivity index (χ1n) is 9.17. The number of imidazole rings is 1. The molecule has 30 heavy (non-hydrogen) atoms. The van der Waals surface area contributed by atoms with E-state index in [0.717, 1.165) is 40.0 Å². The van der Waals surface area contributed by atoms with Crippen molar-refractivity contribution in [2.45, 2.75) is 6.61 Å². The lowest BCUT2D eigenvalue weighted by Gasteiger charge is -2.11. The molecule has 148 valence electrons. The fraction of sp³-hybridized carbons (Fsp3) is 0.0435. The summed E-state index contributed by atoms with van der Waals surface area (Å²) in [7, 11) is 0. The third-order valence-corrected chi connectivity index (χ3v) is 7.26. The van der Waals surface area contributed by atoms with E-state index in [1.165, 1.54) is 11.3 Å². The summed E-state index contributed by atoms with van der Waals surface area (Å²) >= 11 is 5.99. The second kappa shape index (κ2) is 8.27. The van der Waals surface area contributed by atoms with Gasteiger partial charge in [-0.25, -0.2) is 9.38 Å². The minimum atomic E-state index is -0.0295. The number of para-hydroxylation sites is 2. The molecule has 0 N–H and O–H groups in total. The Hall–Kier alpha value is -1.98.